The zero-order chi connectivity index (χ0) is 17.5. The first kappa shape index (κ1) is 19.9. The van der Waals surface area contributed by atoms with Crippen LogP contribution in [0.5, 0.6) is 0 Å². The van der Waals surface area contributed by atoms with Gasteiger partial charge in [0.25, 0.3) is 20.2 Å². The molecule has 0 radical (unpaired) electrons. The molecule has 23 heavy (non-hydrogen) atoms. The molecule has 9 heteroatoms. The van der Waals surface area contributed by atoms with E-state index in [1.165, 1.54) is 18.2 Å². The number of sulfonamides is 1. The van der Waals surface area contributed by atoms with Crippen LogP contribution in [-0.4, -0.2) is 33.6 Å². The Morgan fingerprint density at radius 2 is 1.74 bits per heavy atom. The fourth-order valence-electron chi connectivity index (χ4n) is 1.90. The summed E-state index contributed by atoms with van der Waals surface area (Å²) >= 11 is 0. The van der Waals surface area contributed by atoms with Crippen LogP contribution in [0.2, 0.25) is 0 Å². The van der Waals surface area contributed by atoms with Gasteiger partial charge in [0.15, 0.2) is 0 Å². The summed E-state index contributed by atoms with van der Waals surface area (Å²) < 4.78 is 53.2. The van der Waals surface area contributed by atoms with Crippen LogP contribution in [0.1, 0.15) is 39.5 Å². The Kier molecular flexibility index (Phi) is 7.46. The topological polar surface area (TPSA) is 110 Å². The third-order valence-electron chi connectivity index (χ3n) is 3.20. The molecule has 7 nitrogen and oxygen atoms in total. The van der Waals surface area contributed by atoms with Crippen molar-refractivity contribution >= 4 is 25.9 Å². The van der Waals surface area contributed by atoms with E-state index in [9.17, 15) is 16.8 Å². The van der Waals surface area contributed by atoms with Crippen molar-refractivity contribution in [2.24, 2.45) is 0 Å². The first-order chi connectivity index (χ1) is 10.8. The van der Waals surface area contributed by atoms with E-state index in [1.807, 2.05) is 13.8 Å². The van der Waals surface area contributed by atoms with Crippen LogP contribution in [-0.2, 0) is 20.2 Å². The van der Waals surface area contributed by atoms with E-state index < -0.39 is 20.2 Å². The Labute approximate surface area is 139 Å². The van der Waals surface area contributed by atoms with Crippen LogP contribution in [0.3, 0.4) is 0 Å². The molecule has 0 aliphatic carbocycles. The van der Waals surface area contributed by atoms with Crippen molar-refractivity contribution in [3.8, 4) is 0 Å². The lowest BCUT2D eigenvalue weighted by molar-refractivity contribution is 0.479. The van der Waals surface area contributed by atoms with Gasteiger partial charge in [-0.3, -0.25) is 0 Å². The van der Waals surface area contributed by atoms with E-state index in [-0.39, 0.29) is 23.7 Å². The van der Waals surface area contributed by atoms with Crippen LogP contribution in [0, 0.1) is 0 Å². The number of benzene rings is 1. The SMILES string of the molecule is CCCCNS(=O)(=O)N(CCCC)S(=O)(=O)c1cccc(N)c1. The van der Waals surface area contributed by atoms with Gasteiger partial charge in [-0.15, -0.1) is 0 Å². The smallest absolute Gasteiger partial charge is 0.292 e. The zero-order valence-corrected chi connectivity index (χ0v) is 15.2. The average Bonchev–Trinajstić information content (AvgIpc) is 2.47. The van der Waals surface area contributed by atoms with E-state index in [0.29, 0.717) is 23.0 Å². The van der Waals surface area contributed by atoms with Crippen molar-refractivity contribution in [3.05, 3.63) is 24.3 Å². The molecule has 0 aromatic heterocycles. The monoisotopic (exact) mass is 363 g/mol. The Hall–Kier alpha value is -1.16. The minimum absolute atomic E-state index is 0.102. The van der Waals surface area contributed by atoms with E-state index in [2.05, 4.69) is 4.72 Å². The molecule has 132 valence electrons. The summed E-state index contributed by atoms with van der Waals surface area (Å²) in [5.74, 6) is 0. The molecular formula is C14H25N3O4S2. The van der Waals surface area contributed by atoms with E-state index in [4.69, 9.17) is 5.73 Å². The first-order valence-corrected chi connectivity index (χ1v) is 10.5. The molecule has 0 atom stereocenters. The molecular weight excluding hydrogens is 338 g/mol. The molecule has 0 saturated heterocycles. The third kappa shape index (κ3) is 5.45. The van der Waals surface area contributed by atoms with Gasteiger partial charge in [-0.25, -0.2) is 13.1 Å². The van der Waals surface area contributed by atoms with Crippen LogP contribution in [0.15, 0.2) is 29.2 Å². The van der Waals surface area contributed by atoms with Gasteiger partial charge in [0.1, 0.15) is 0 Å². The number of nitrogen functional groups attached to an aromatic ring is 1. The summed E-state index contributed by atoms with van der Waals surface area (Å²) in [5, 5.41) is 0. The van der Waals surface area contributed by atoms with Crippen molar-refractivity contribution < 1.29 is 16.8 Å². The van der Waals surface area contributed by atoms with Gasteiger partial charge in [0, 0.05) is 18.8 Å². The predicted octanol–water partition coefficient (Wildman–Crippen LogP) is 1.69. The second-order valence-corrected chi connectivity index (χ2v) is 8.95. The molecule has 0 aliphatic rings. The largest absolute Gasteiger partial charge is 0.399 e. The van der Waals surface area contributed by atoms with Gasteiger partial charge in [-0.05, 0) is 31.0 Å². The first-order valence-electron chi connectivity index (χ1n) is 7.63. The van der Waals surface area contributed by atoms with Crippen LogP contribution < -0.4 is 10.5 Å². The Morgan fingerprint density at radius 3 is 2.30 bits per heavy atom. The highest BCUT2D eigenvalue weighted by Crippen LogP contribution is 2.21. The van der Waals surface area contributed by atoms with Gasteiger partial charge in [-0.1, -0.05) is 36.5 Å². The lowest BCUT2D eigenvalue weighted by Crippen LogP contribution is -2.45. The number of anilines is 1. The number of nitrogens with one attached hydrogen (secondary N) is 1. The summed E-state index contributed by atoms with van der Waals surface area (Å²) in [6.45, 7) is 3.89. The summed E-state index contributed by atoms with van der Waals surface area (Å²) in [7, 11) is -8.32. The molecule has 0 heterocycles. The molecule has 1 aromatic carbocycles. The quantitative estimate of drug-likeness (QED) is 0.486. The van der Waals surface area contributed by atoms with Crippen molar-refractivity contribution in [1.82, 2.24) is 8.43 Å². The lowest BCUT2D eigenvalue weighted by Gasteiger charge is -2.22. The van der Waals surface area contributed by atoms with E-state index in [0.717, 1.165) is 6.42 Å². The molecule has 3 N–H and O–H groups in total. The van der Waals surface area contributed by atoms with Gasteiger partial charge < -0.3 is 5.73 Å². The van der Waals surface area contributed by atoms with Gasteiger partial charge >= 0.3 is 0 Å². The summed E-state index contributed by atoms with van der Waals surface area (Å²) in [6, 6.07) is 5.63. The summed E-state index contributed by atoms with van der Waals surface area (Å²) in [4.78, 5) is -0.130. The van der Waals surface area contributed by atoms with E-state index in [1.54, 1.807) is 6.07 Å². The Balaban J connectivity index is 3.19. The predicted molar refractivity (Wildman–Crippen MR) is 91.5 cm³/mol. The van der Waals surface area contributed by atoms with Gasteiger partial charge in [-0.2, -0.15) is 8.42 Å². The lowest BCUT2D eigenvalue weighted by atomic mass is 10.3. The van der Waals surface area contributed by atoms with Crippen molar-refractivity contribution in [2.75, 3.05) is 18.8 Å². The average molecular weight is 364 g/mol. The molecule has 0 spiro atoms. The molecule has 0 amide bonds. The number of unbranched alkanes of at least 4 members (excludes halogenated alkanes) is 2. The maximum absolute atomic E-state index is 12.7. The van der Waals surface area contributed by atoms with E-state index >= 15 is 0 Å². The summed E-state index contributed by atoms with van der Waals surface area (Å²) in [6.07, 6.45) is 2.56. The normalized spacial score (nSPS) is 12.7. The standard InChI is InChI=1S/C14H25N3O4S2/c1-3-5-10-16-23(20,21)17(11-6-4-2)22(18,19)14-9-7-8-13(15)12-14/h7-9,12,16H,3-6,10-11,15H2,1-2H3. The van der Waals surface area contributed by atoms with Crippen LogP contribution in [0.4, 0.5) is 5.69 Å². The van der Waals surface area contributed by atoms with Gasteiger partial charge in [0.2, 0.25) is 0 Å². The molecule has 1 aromatic rings. The fraction of sp³-hybridized carbons (Fsp3) is 0.571. The second-order valence-electron chi connectivity index (χ2n) is 5.18. The minimum atomic E-state index is -4.19. The number of hydrogen-bond acceptors (Lipinski definition) is 5. The number of hydrogen-bond donors (Lipinski definition) is 2. The maximum atomic E-state index is 12.7. The Bertz CT molecular complexity index is 702. The van der Waals surface area contributed by atoms with Crippen LogP contribution >= 0.6 is 0 Å². The molecule has 1 rings (SSSR count). The molecule has 0 unspecified atom stereocenters. The molecule has 0 bridgehead atoms. The van der Waals surface area contributed by atoms with Crippen molar-refractivity contribution in [1.29, 1.82) is 0 Å². The molecule has 0 aliphatic heterocycles. The highest BCUT2D eigenvalue weighted by molar-refractivity contribution is 8.03. The maximum Gasteiger partial charge on any atom is 0.292 e. The Morgan fingerprint density at radius 1 is 1.09 bits per heavy atom. The highest BCUT2D eigenvalue weighted by atomic mass is 32.3. The highest BCUT2D eigenvalue weighted by Gasteiger charge is 2.34. The fourth-order valence-corrected chi connectivity index (χ4v) is 5.40. The summed E-state index contributed by atoms with van der Waals surface area (Å²) in [5.41, 5.74) is 5.88. The molecule has 0 fully saturated rings. The zero-order valence-electron chi connectivity index (χ0n) is 13.5. The number of rotatable bonds is 10. The second kappa shape index (κ2) is 8.62. The number of nitrogens with zero attached hydrogens (tertiary/aromatic N) is 1. The number of nitrogens with two attached hydrogens (primary N) is 1. The van der Waals surface area contributed by atoms with Crippen molar-refractivity contribution in [2.45, 2.75) is 44.4 Å². The van der Waals surface area contributed by atoms with Gasteiger partial charge in [0.05, 0.1) is 4.90 Å². The molecule has 0 saturated carbocycles. The van der Waals surface area contributed by atoms with Crippen molar-refractivity contribution in [3.63, 3.8) is 0 Å². The third-order valence-corrected chi connectivity index (χ3v) is 7.23. The minimum Gasteiger partial charge on any atom is -0.399 e. The van der Waals surface area contributed by atoms with Crippen LogP contribution in [0.25, 0.3) is 0 Å².